The molecule has 0 aliphatic rings. The summed E-state index contributed by atoms with van der Waals surface area (Å²) in [5, 5.41) is 16.4. The summed E-state index contributed by atoms with van der Waals surface area (Å²) in [4.78, 5) is 23.2. The van der Waals surface area contributed by atoms with Gasteiger partial charge in [-0.05, 0) is 52.9 Å². The van der Waals surface area contributed by atoms with E-state index in [9.17, 15) is 9.59 Å². The highest BCUT2D eigenvalue weighted by molar-refractivity contribution is 5.94. The summed E-state index contributed by atoms with van der Waals surface area (Å²) < 4.78 is 1.47. The Labute approximate surface area is 155 Å². The predicted molar refractivity (Wildman–Crippen MR) is 99.1 cm³/mol. The van der Waals surface area contributed by atoms with Gasteiger partial charge in [-0.3, -0.25) is 9.59 Å². The van der Waals surface area contributed by atoms with Crippen LogP contribution in [0.5, 0.6) is 0 Å². The Morgan fingerprint density at radius 2 is 1.96 bits per heavy atom. The van der Waals surface area contributed by atoms with E-state index in [0.717, 1.165) is 5.56 Å². The fourth-order valence-electron chi connectivity index (χ4n) is 2.28. The van der Waals surface area contributed by atoms with E-state index in [-0.39, 0.29) is 18.4 Å². The number of carbonyl (C=O) groups excluding carboxylic acids is 2. The molecule has 0 unspecified atom stereocenters. The van der Waals surface area contributed by atoms with Crippen LogP contribution in [0, 0.1) is 11.8 Å². The molecule has 8 heteroatoms. The zero-order valence-corrected chi connectivity index (χ0v) is 14.5. The van der Waals surface area contributed by atoms with Gasteiger partial charge in [0.05, 0.1) is 12.2 Å². The quantitative estimate of drug-likeness (QED) is 0.685. The van der Waals surface area contributed by atoms with Crippen LogP contribution in [-0.4, -0.2) is 38.6 Å². The lowest BCUT2D eigenvalue weighted by molar-refractivity contribution is -0.114. The summed E-state index contributed by atoms with van der Waals surface area (Å²) in [7, 11) is 0. The van der Waals surface area contributed by atoms with Crippen molar-refractivity contribution in [2.75, 3.05) is 11.9 Å². The van der Waals surface area contributed by atoms with Crippen molar-refractivity contribution < 1.29 is 9.59 Å². The van der Waals surface area contributed by atoms with E-state index in [0.29, 0.717) is 16.9 Å². The number of hydrogen-bond acceptors (Lipinski definition) is 5. The lowest BCUT2D eigenvalue weighted by Gasteiger charge is -2.04. The molecule has 0 bridgehead atoms. The zero-order chi connectivity index (χ0) is 19.1. The summed E-state index contributed by atoms with van der Waals surface area (Å²) in [6.07, 6.45) is 1.46. The normalized spacial score (nSPS) is 9.81. The lowest BCUT2D eigenvalue weighted by Crippen LogP contribution is -2.23. The maximum Gasteiger partial charge on any atom is 0.252 e. The Balaban J connectivity index is 1.57. The molecule has 27 heavy (non-hydrogen) atoms. The van der Waals surface area contributed by atoms with E-state index in [1.807, 2.05) is 0 Å². The Morgan fingerprint density at radius 1 is 1.15 bits per heavy atom. The lowest BCUT2D eigenvalue weighted by atomic mass is 10.2. The Hall–Kier alpha value is -3.99. The minimum Gasteiger partial charge on any atom is -0.341 e. The van der Waals surface area contributed by atoms with Crippen molar-refractivity contribution in [1.82, 2.24) is 25.5 Å². The third-order valence-corrected chi connectivity index (χ3v) is 3.50. The van der Waals surface area contributed by atoms with E-state index in [2.05, 4.69) is 38.0 Å². The predicted octanol–water partition coefficient (Wildman–Crippen LogP) is 1.40. The highest BCUT2D eigenvalue weighted by Gasteiger charge is 2.06. The molecule has 0 atom stereocenters. The van der Waals surface area contributed by atoms with Gasteiger partial charge in [0.1, 0.15) is 6.33 Å². The fourth-order valence-corrected chi connectivity index (χ4v) is 2.28. The number of benzene rings is 2. The second kappa shape index (κ2) is 8.40. The van der Waals surface area contributed by atoms with Crippen molar-refractivity contribution in [2.24, 2.45) is 0 Å². The second-order valence-corrected chi connectivity index (χ2v) is 5.55. The van der Waals surface area contributed by atoms with Crippen molar-refractivity contribution in [1.29, 1.82) is 0 Å². The minimum absolute atomic E-state index is 0.124. The molecule has 0 radical (unpaired) electrons. The molecule has 0 aliphatic carbocycles. The summed E-state index contributed by atoms with van der Waals surface area (Å²) in [6, 6.07) is 14.1. The number of tetrazole rings is 1. The van der Waals surface area contributed by atoms with Crippen LogP contribution in [0.15, 0.2) is 54.9 Å². The van der Waals surface area contributed by atoms with Gasteiger partial charge in [-0.2, -0.15) is 0 Å². The van der Waals surface area contributed by atoms with E-state index in [1.54, 1.807) is 48.5 Å². The highest BCUT2D eigenvalue weighted by atomic mass is 16.2. The van der Waals surface area contributed by atoms with E-state index >= 15 is 0 Å². The molecule has 0 saturated heterocycles. The van der Waals surface area contributed by atoms with Crippen LogP contribution < -0.4 is 10.6 Å². The van der Waals surface area contributed by atoms with Crippen molar-refractivity contribution in [3.05, 3.63) is 66.0 Å². The molecule has 2 N–H and O–H groups in total. The monoisotopic (exact) mass is 360 g/mol. The van der Waals surface area contributed by atoms with Crippen molar-refractivity contribution >= 4 is 17.5 Å². The van der Waals surface area contributed by atoms with Crippen molar-refractivity contribution in [3.63, 3.8) is 0 Å². The van der Waals surface area contributed by atoms with Gasteiger partial charge in [0.2, 0.25) is 5.91 Å². The summed E-state index contributed by atoms with van der Waals surface area (Å²) in [5.74, 6) is 5.50. The molecule has 1 aromatic heterocycles. The first-order valence-corrected chi connectivity index (χ1v) is 8.10. The van der Waals surface area contributed by atoms with Gasteiger partial charge in [-0.25, -0.2) is 4.68 Å². The number of nitrogens with zero attached hydrogens (tertiary/aromatic N) is 4. The molecular weight excluding hydrogens is 344 g/mol. The minimum atomic E-state index is -0.236. The molecule has 8 nitrogen and oxygen atoms in total. The average molecular weight is 360 g/mol. The zero-order valence-electron chi connectivity index (χ0n) is 14.5. The Bertz CT molecular complexity index is 1000. The summed E-state index contributed by atoms with van der Waals surface area (Å²) in [6.45, 7) is 1.66. The topological polar surface area (TPSA) is 102 Å². The van der Waals surface area contributed by atoms with Gasteiger partial charge < -0.3 is 10.6 Å². The number of hydrogen-bond donors (Lipinski definition) is 2. The maximum atomic E-state index is 12.2. The molecule has 2 aromatic carbocycles. The highest BCUT2D eigenvalue weighted by Crippen LogP contribution is 2.09. The van der Waals surface area contributed by atoms with Gasteiger partial charge in [0.25, 0.3) is 5.91 Å². The van der Waals surface area contributed by atoms with Crippen LogP contribution in [-0.2, 0) is 4.79 Å². The third kappa shape index (κ3) is 4.99. The Kier molecular flexibility index (Phi) is 5.54. The molecule has 2 amide bonds. The molecular formula is C19H16N6O2. The Morgan fingerprint density at radius 3 is 2.67 bits per heavy atom. The molecule has 0 fully saturated rings. The maximum absolute atomic E-state index is 12.2. The summed E-state index contributed by atoms with van der Waals surface area (Å²) in [5.41, 5.74) is 2.69. The van der Waals surface area contributed by atoms with E-state index in [1.165, 1.54) is 17.9 Å². The van der Waals surface area contributed by atoms with Crippen molar-refractivity contribution in [2.45, 2.75) is 6.92 Å². The second-order valence-electron chi connectivity index (χ2n) is 5.55. The standard InChI is InChI=1S/C19H16N6O2/c1-14(26)22-17-9-7-15(8-10-17)4-3-11-20-19(27)16-5-2-6-18(12-16)25-13-21-23-24-25/h2,5-10,12-13H,11H2,1H3,(H,20,27)(H,22,26). The SMILES string of the molecule is CC(=O)Nc1ccc(C#CCNC(=O)c2cccc(-n3cnnn3)c2)cc1. The van der Waals surface area contributed by atoms with Gasteiger partial charge in [0.15, 0.2) is 0 Å². The van der Waals surface area contributed by atoms with Crippen LogP contribution in [0.2, 0.25) is 0 Å². The number of aromatic nitrogens is 4. The number of amides is 2. The first-order chi connectivity index (χ1) is 13.1. The molecule has 1 heterocycles. The molecule has 134 valence electrons. The number of rotatable bonds is 4. The molecule has 3 aromatic rings. The van der Waals surface area contributed by atoms with Crippen LogP contribution in [0.3, 0.4) is 0 Å². The van der Waals surface area contributed by atoms with Gasteiger partial charge in [0, 0.05) is 23.7 Å². The van der Waals surface area contributed by atoms with Crippen molar-refractivity contribution in [3.8, 4) is 17.5 Å². The molecule has 3 rings (SSSR count). The number of carbonyl (C=O) groups is 2. The van der Waals surface area contributed by atoms with Crippen LogP contribution in [0.1, 0.15) is 22.8 Å². The van der Waals surface area contributed by atoms with E-state index < -0.39 is 0 Å². The number of nitrogens with one attached hydrogen (secondary N) is 2. The van der Waals surface area contributed by atoms with Crippen LogP contribution in [0.25, 0.3) is 5.69 Å². The largest absolute Gasteiger partial charge is 0.341 e. The molecule has 0 saturated carbocycles. The van der Waals surface area contributed by atoms with Gasteiger partial charge >= 0.3 is 0 Å². The first kappa shape index (κ1) is 17.8. The fraction of sp³-hybridized carbons (Fsp3) is 0.105. The third-order valence-electron chi connectivity index (χ3n) is 3.50. The van der Waals surface area contributed by atoms with Gasteiger partial charge in [-0.15, -0.1) is 5.10 Å². The molecule has 0 spiro atoms. The first-order valence-electron chi connectivity index (χ1n) is 8.10. The number of anilines is 1. The van der Waals surface area contributed by atoms with E-state index in [4.69, 9.17) is 0 Å². The van der Waals surface area contributed by atoms with Crippen LogP contribution >= 0.6 is 0 Å². The van der Waals surface area contributed by atoms with Gasteiger partial charge in [-0.1, -0.05) is 17.9 Å². The smallest absolute Gasteiger partial charge is 0.252 e. The molecule has 0 aliphatic heterocycles. The summed E-state index contributed by atoms with van der Waals surface area (Å²) >= 11 is 0. The van der Waals surface area contributed by atoms with Crippen LogP contribution in [0.4, 0.5) is 5.69 Å². The average Bonchev–Trinajstić information content (AvgIpc) is 3.21.